The Morgan fingerprint density at radius 3 is 3.33 bits per heavy atom. The highest BCUT2D eigenvalue weighted by Gasteiger charge is 2.33. The van der Waals surface area contributed by atoms with Crippen LogP contribution in [0, 0.1) is 19.4 Å². The summed E-state index contributed by atoms with van der Waals surface area (Å²) in [5, 5.41) is 0.148. The monoisotopic (exact) mass is 333 g/mol. The number of aryl methyl sites for hydroxylation is 1. The van der Waals surface area contributed by atoms with Gasteiger partial charge in [0.05, 0.1) is 14.1 Å². The Bertz CT molecular complexity index is 1060. The first-order chi connectivity index (χ1) is 14.2. The van der Waals surface area contributed by atoms with Gasteiger partial charge >= 0.3 is 5.91 Å². The number of nitrogens with zero attached hydrogens (tertiary/aromatic N) is 5. The van der Waals surface area contributed by atoms with Gasteiger partial charge in [-0.1, -0.05) is 6.92 Å². The smallest absolute Gasteiger partial charge is 0.302 e. The van der Waals surface area contributed by atoms with Gasteiger partial charge in [0, 0.05) is 29.9 Å². The molecule has 7 nitrogen and oxygen atoms in total. The lowest BCUT2D eigenvalue weighted by Gasteiger charge is -2.41. The lowest BCUT2D eigenvalue weighted by atomic mass is 9.92. The van der Waals surface area contributed by atoms with Gasteiger partial charge in [0.2, 0.25) is 0 Å². The molecule has 2 aromatic heterocycles. The van der Waals surface area contributed by atoms with Crippen LogP contribution in [0.3, 0.4) is 0 Å². The largest absolute Gasteiger partial charge is 0.354 e. The van der Waals surface area contributed by atoms with Crippen LogP contribution in [0.25, 0.3) is 15.9 Å². The second-order valence-electron chi connectivity index (χ2n) is 5.76. The number of fused-ring (bicyclic) bond motifs is 1. The fourth-order valence-corrected chi connectivity index (χ4v) is 2.82. The first-order valence-electron chi connectivity index (χ1n) is 11.0. The van der Waals surface area contributed by atoms with Crippen LogP contribution < -0.4 is 4.90 Å². The molecule has 3 heterocycles. The van der Waals surface area contributed by atoms with Gasteiger partial charge in [-0.2, -0.15) is 0 Å². The second-order valence-corrected chi connectivity index (χ2v) is 5.76. The normalized spacial score (nSPS) is 29.3. The van der Waals surface area contributed by atoms with E-state index in [1.807, 2.05) is 0 Å². The van der Waals surface area contributed by atoms with Crippen LogP contribution in [0.15, 0.2) is 12.4 Å². The number of rotatable bonds is 3. The standard InChI is InChI=1S/C17H22N6O/c1-11-5-6-23(15(24)8-18-3)9-14(11)22(4)17-13-7-12(2)21-16(13)19-10-20-17/h7,10-11,14H,5-6,8-9H2,1-2,4H3,(H,19,20,21)/t11-,14+/m1/s1/i4D3,7D,8D2,14D. The van der Waals surface area contributed by atoms with Crippen LogP contribution in [0.2, 0.25) is 0 Å². The molecule has 1 fully saturated rings. The summed E-state index contributed by atoms with van der Waals surface area (Å²) in [6.45, 7) is 4.25. The highest BCUT2D eigenvalue weighted by molar-refractivity contribution is 5.88. The number of carbonyl (C=O) groups is 1. The number of carbonyl (C=O) groups excluding carboxylic acids is 1. The molecule has 0 radical (unpaired) electrons. The third-order valence-electron chi connectivity index (χ3n) is 4.14. The number of likely N-dealkylation sites (N-methyl/N-ethyl adjacent to an activating group) is 1. The van der Waals surface area contributed by atoms with Crippen molar-refractivity contribution in [3.8, 4) is 0 Å². The van der Waals surface area contributed by atoms with E-state index in [0.29, 0.717) is 5.69 Å². The first-order valence-corrected chi connectivity index (χ1v) is 7.52. The van der Waals surface area contributed by atoms with E-state index in [1.165, 1.54) is 0 Å². The Kier molecular flexibility index (Phi) is 2.60. The van der Waals surface area contributed by atoms with Gasteiger partial charge in [0.1, 0.15) is 20.5 Å². The Hall–Kier alpha value is -2.62. The summed E-state index contributed by atoms with van der Waals surface area (Å²) in [4.78, 5) is 28.2. The molecule has 0 aromatic carbocycles. The lowest BCUT2D eigenvalue weighted by Crippen LogP contribution is -2.53. The minimum absolute atomic E-state index is 0.00387. The molecule has 1 aliphatic heterocycles. The van der Waals surface area contributed by atoms with E-state index in [4.69, 9.17) is 16.2 Å². The van der Waals surface area contributed by atoms with Crippen LogP contribution in [0.4, 0.5) is 5.82 Å². The van der Waals surface area contributed by atoms with Gasteiger partial charge < -0.3 is 19.6 Å². The number of likely N-dealkylation sites (tertiary alicyclic amines) is 1. The molecule has 0 saturated carbocycles. The summed E-state index contributed by atoms with van der Waals surface area (Å²) in [7, 11) is 0. The van der Waals surface area contributed by atoms with E-state index in [0.717, 1.165) is 16.1 Å². The Morgan fingerprint density at radius 2 is 2.58 bits per heavy atom. The number of hydrogen-bond donors (Lipinski definition) is 1. The molecule has 2 aromatic rings. The predicted molar refractivity (Wildman–Crippen MR) is 92.6 cm³/mol. The summed E-state index contributed by atoms with van der Waals surface area (Å²) >= 11 is 0. The number of anilines is 1. The van der Waals surface area contributed by atoms with Crippen LogP contribution in [-0.4, -0.2) is 58.3 Å². The molecule has 7 heteroatoms. The molecule has 1 aliphatic rings. The Balaban J connectivity index is 2.17. The van der Waals surface area contributed by atoms with Crippen LogP contribution in [0.5, 0.6) is 0 Å². The van der Waals surface area contributed by atoms with Crippen molar-refractivity contribution in [1.82, 2.24) is 19.9 Å². The summed E-state index contributed by atoms with van der Waals surface area (Å²) < 4.78 is 57.1. The topological polar surface area (TPSA) is 69.5 Å². The van der Waals surface area contributed by atoms with Crippen molar-refractivity contribution in [2.45, 2.75) is 26.3 Å². The average Bonchev–Trinajstić information content (AvgIpc) is 2.97. The van der Waals surface area contributed by atoms with Crippen molar-refractivity contribution in [3.05, 3.63) is 29.5 Å². The van der Waals surface area contributed by atoms with Crippen molar-refractivity contribution in [1.29, 1.82) is 0 Å². The number of hydrogen-bond acceptors (Lipinski definition) is 4. The molecule has 0 unspecified atom stereocenters. The Labute approximate surface area is 151 Å². The van der Waals surface area contributed by atoms with Crippen molar-refractivity contribution in [3.63, 3.8) is 0 Å². The first kappa shape index (κ1) is 9.62. The number of aromatic amines is 1. The predicted octanol–water partition coefficient (Wildman–Crippen LogP) is 1.86. The molecule has 1 saturated heterocycles. The minimum atomic E-state index is -2.86. The van der Waals surface area contributed by atoms with Gasteiger partial charge in [-0.15, -0.1) is 0 Å². The third kappa shape index (κ3) is 2.92. The highest BCUT2D eigenvalue weighted by Crippen LogP contribution is 2.29. The molecule has 126 valence electrons. The second kappa shape index (κ2) is 6.48. The van der Waals surface area contributed by atoms with E-state index in [1.54, 1.807) is 13.8 Å². The quantitative estimate of drug-likeness (QED) is 0.871. The van der Waals surface area contributed by atoms with Crippen molar-refractivity contribution in [2.75, 3.05) is 31.5 Å². The van der Waals surface area contributed by atoms with E-state index in [9.17, 15) is 4.79 Å². The molecular formula is C17H22N6O. The van der Waals surface area contributed by atoms with Crippen molar-refractivity contribution >= 4 is 22.8 Å². The Morgan fingerprint density at radius 1 is 1.75 bits per heavy atom. The molecule has 1 amide bonds. The SMILES string of the molecule is [2H]c1c(C)[nH]c2ncnc(N(C([2H])([2H])[2H])[C@@]3([2H])CN(C(=O)C([2H])([2H])[N+]#[C-])CC[C@H]3C)c12. The number of aromatic nitrogens is 3. The van der Waals surface area contributed by atoms with Crippen molar-refractivity contribution in [2.24, 2.45) is 5.92 Å². The number of nitrogens with one attached hydrogen (secondary N) is 1. The fraction of sp³-hybridized carbons (Fsp3) is 0.529. The molecule has 2 atom stereocenters. The molecule has 0 aliphatic carbocycles. The maximum Gasteiger partial charge on any atom is 0.302 e. The molecule has 24 heavy (non-hydrogen) atoms. The highest BCUT2D eigenvalue weighted by atomic mass is 16.2. The van der Waals surface area contributed by atoms with Gasteiger partial charge in [-0.25, -0.2) is 16.5 Å². The zero-order valence-electron chi connectivity index (χ0n) is 20.4. The van der Waals surface area contributed by atoms with E-state index in [-0.39, 0.29) is 35.9 Å². The van der Waals surface area contributed by atoms with Crippen LogP contribution in [0.1, 0.15) is 28.6 Å². The third-order valence-corrected chi connectivity index (χ3v) is 4.14. The summed E-state index contributed by atoms with van der Waals surface area (Å²) in [5.74, 6) is -1.79. The van der Waals surface area contributed by atoms with Gasteiger partial charge in [-0.05, 0) is 25.3 Å². The van der Waals surface area contributed by atoms with E-state index in [2.05, 4.69) is 19.8 Å². The molecule has 1 N–H and O–H groups in total. The zero-order valence-corrected chi connectivity index (χ0v) is 13.4. The van der Waals surface area contributed by atoms with Gasteiger partial charge in [0.25, 0.3) is 6.50 Å². The molecule has 0 spiro atoms. The number of amides is 1. The summed E-state index contributed by atoms with van der Waals surface area (Å²) in [6.07, 6.45) is 1.37. The fourth-order valence-electron chi connectivity index (χ4n) is 2.82. The summed E-state index contributed by atoms with van der Waals surface area (Å²) in [5.41, 5.74) is 0.714. The maximum atomic E-state index is 12.6. The average molecular weight is 333 g/mol. The number of piperidine rings is 1. The van der Waals surface area contributed by atoms with Gasteiger partial charge in [-0.3, -0.25) is 4.79 Å². The van der Waals surface area contributed by atoms with Crippen LogP contribution in [-0.2, 0) is 4.79 Å². The minimum Gasteiger partial charge on any atom is -0.354 e. The lowest BCUT2D eigenvalue weighted by molar-refractivity contribution is -0.130. The molecular weight excluding hydrogens is 304 g/mol. The van der Waals surface area contributed by atoms with Gasteiger partial charge in [0.15, 0.2) is 0 Å². The zero-order chi connectivity index (χ0) is 23.4. The maximum absolute atomic E-state index is 12.6. The van der Waals surface area contributed by atoms with Crippen molar-refractivity contribution < 1.29 is 14.4 Å². The van der Waals surface area contributed by atoms with Crippen LogP contribution >= 0.6 is 0 Å². The van der Waals surface area contributed by atoms with E-state index >= 15 is 0 Å². The molecule has 0 bridgehead atoms. The van der Waals surface area contributed by atoms with E-state index < -0.39 is 37.9 Å². The molecule has 3 rings (SSSR count). The summed E-state index contributed by atoms with van der Waals surface area (Å²) in [6, 6.07) is -1.92. The number of H-pyrrole nitrogens is 1.